The van der Waals surface area contributed by atoms with Crippen molar-refractivity contribution >= 4 is 5.78 Å². The average molecular weight is 265 g/mol. The second-order valence-corrected chi connectivity index (χ2v) is 4.68. The van der Waals surface area contributed by atoms with Crippen LogP contribution >= 0.6 is 0 Å². The highest BCUT2D eigenvalue weighted by Crippen LogP contribution is 2.30. The van der Waals surface area contributed by atoms with Crippen molar-refractivity contribution in [2.45, 2.75) is 20.8 Å². The first kappa shape index (κ1) is 13.8. The maximum atomic E-state index is 11.6. The number of benzene rings is 2. The summed E-state index contributed by atoms with van der Waals surface area (Å²) in [7, 11) is 0. The third-order valence-electron chi connectivity index (χ3n) is 3.26. The lowest BCUT2D eigenvalue weighted by Gasteiger charge is -2.13. The second kappa shape index (κ2) is 5.58. The molecule has 2 aromatic rings. The summed E-state index contributed by atoms with van der Waals surface area (Å²) in [5.74, 6) is 1.03. The fourth-order valence-electron chi connectivity index (χ4n) is 1.92. The number of hydrogen-bond acceptors (Lipinski definition) is 3. The first-order valence-electron chi connectivity index (χ1n) is 6.32. The van der Waals surface area contributed by atoms with E-state index in [2.05, 4.69) is 6.07 Å². The van der Waals surface area contributed by atoms with Gasteiger partial charge in [-0.3, -0.25) is 4.79 Å². The Kier molecular flexibility index (Phi) is 3.86. The summed E-state index contributed by atoms with van der Waals surface area (Å²) in [6, 6.07) is 12.6. The molecule has 0 saturated carbocycles. The Balaban J connectivity index is 2.49. The van der Waals surface area contributed by atoms with Crippen LogP contribution in [0.4, 0.5) is 0 Å². The molecule has 0 aliphatic heterocycles. The molecule has 0 radical (unpaired) electrons. The van der Waals surface area contributed by atoms with Crippen LogP contribution in [0.1, 0.15) is 34.0 Å². The van der Waals surface area contributed by atoms with Crippen LogP contribution in [0.5, 0.6) is 11.5 Å². The minimum absolute atomic E-state index is 0.0882. The van der Waals surface area contributed by atoms with E-state index in [0.717, 1.165) is 11.1 Å². The largest absolute Gasteiger partial charge is 0.456 e. The number of aryl methyl sites for hydroxylation is 1. The molecule has 0 atom stereocenters. The van der Waals surface area contributed by atoms with Crippen molar-refractivity contribution in [2.75, 3.05) is 0 Å². The lowest BCUT2D eigenvalue weighted by Crippen LogP contribution is -1.99. The summed E-state index contributed by atoms with van der Waals surface area (Å²) in [6.45, 7) is 5.45. The lowest BCUT2D eigenvalue weighted by atomic mass is 10.1. The molecule has 0 aliphatic rings. The second-order valence-electron chi connectivity index (χ2n) is 4.68. The molecule has 3 nitrogen and oxygen atoms in total. The Morgan fingerprint density at radius 3 is 2.55 bits per heavy atom. The predicted octanol–water partition coefficient (Wildman–Crippen LogP) is 4.17. The smallest absolute Gasteiger partial charge is 0.163 e. The van der Waals surface area contributed by atoms with E-state index in [9.17, 15) is 4.79 Å². The van der Waals surface area contributed by atoms with Gasteiger partial charge in [0.25, 0.3) is 0 Å². The fourth-order valence-corrected chi connectivity index (χ4v) is 1.92. The van der Waals surface area contributed by atoms with Crippen LogP contribution in [0.15, 0.2) is 36.4 Å². The normalized spacial score (nSPS) is 9.90. The SMILES string of the molecule is CC(=O)c1ccc(C#N)cc1Oc1cccc(C)c1C. The van der Waals surface area contributed by atoms with Crippen LogP contribution in [0.2, 0.25) is 0 Å². The van der Waals surface area contributed by atoms with Crippen molar-refractivity contribution < 1.29 is 9.53 Å². The van der Waals surface area contributed by atoms with E-state index in [0.29, 0.717) is 22.6 Å². The number of nitriles is 1. The molecule has 0 amide bonds. The number of nitrogens with zero attached hydrogens (tertiary/aromatic N) is 1. The average Bonchev–Trinajstić information content (AvgIpc) is 2.43. The van der Waals surface area contributed by atoms with Gasteiger partial charge in [-0.25, -0.2) is 0 Å². The highest BCUT2D eigenvalue weighted by atomic mass is 16.5. The zero-order valence-corrected chi connectivity index (χ0v) is 11.7. The summed E-state index contributed by atoms with van der Waals surface area (Å²) in [5.41, 5.74) is 3.08. The van der Waals surface area contributed by atoms with Gasteiger partial charge in [-0.15, -0.1) is 0 Å². The molecule has 0 aromatic heterocycles. The molecule has 0 bridgehead atoms. The van der Waals surface area contributed by atoms with Gasteiger partial charge in [0.1, 0.15) is 11.5 Å². The van der Waals surface area contributed by atoms with Gasteiger partial charge in [0, 0.05) is 0 Å². The van der Waals surface area contributed by atoms with Crippen LogP contribution < -0.4 is 4.74 Å². The Morgan fingerprint density at radius 1 is 1.15 bits per heavy atom. The first-order valence-corrected chi connectivity index (χ1v) is 6.32. The number of Topliss-reactive ketones (excluding diaryl/α,β-unsaturated/α-hetero) is 1. The van der Waals surface area contributed by atoms with Crippen LogP contribution in [0.25, 0.3) is 0 Å². The van der Waals surface area contributed by atoms with Crippen LogP contribution in [-0.4, -0.2) is 5.78 Å². The molecule has 2 aromatic carbocycles. The van der Waals surface area contributed by atoms with Crippen LogP contribution in [0.3, 0.4) is 0 Å². The summed E-state index contributed by atoms with van der Waals surface area (Å²) in [6.07, 6.45) is 0. The summed E-state index contributed by atoms with van der Waals surface area (Å²) in [4.78, 5) is 11.6. The number of hydrogen-bond donors (Lipinski definition) is 0. The lowest BCUT2D eigenvalue weighted by molar-refractivity contribution is 0.101. The van der Waals surface area contributed by atoms with E-state index in [1.807, 2.05) is 32.0 Å². The molecule has 20 heavy (non-hydrogen) atoms. The van der Waals surface area contributed by atoms with Gasteiger partial charge in [-0.05, 0) is 56.2 Å². The summed E-state index contributed by atoms with van der Waals surface area (Å²) in [5, 5.41) is 8.97. The Labute approximate surface area is 118 Å². The van der Waals surface area contributed by atoms with E-state index in [-0.39, 0.29) is 5.78 Å². The quantitative estimate of drug-likeness (QED) is 0.782. The Hall–Kier alpha value is -2.60. The van der Waals surface area contributed by atoms with Crippen molar-refractivity contribution in [3.8, 4) is 17.6 Å². The number of ether oxygens (including phenoxy) is 1. The van der Waals surface area contributed by atoms with Crippen molar-refractivity contribution in [3.63, 3.8) is 0 Å². The molecule has 0 heterocycles. The van der Waals surface area contributed by atoms with Gasteiger partial charge >= 0.3 is 0 Å². The van der Waals surface area contributed by atoms with Crippen molar-refractivity contribution in [2.24, 2.45) is 0 Å². The predicted molar refractivity (Wildman–Crippen MR) is 77.2 cm³/mol. The van der Waals surface area contributed by atoms with E-state index in [1.54, 1.807) is 18.2 Å². The molecule has 2 rings (SSSR count). The van der Waals surface area contributed by atoms with Crippen LogP contribution in [0, 0.1) is 25.2 Å². The van der Waals surface area contributed by atoms with E-state index in [4.69, 9.17) is 10.00 Å². The summed E-state index contributed by atoms with van der Waals surface area (Å²) < 4.78 is 5.85. The van der Waals surface area contributed by atoms with Crippen LogP contribution in [-0.2, 0) is 0 Å². The molecular weight excluding hydrogens is 250 g/mol. The third kappa shape index (κ3) is 2.70. The van der Waals surface area contributed by atoms with Gasteiger partial charge < -0.3 is 4.74 Å². The zero-order chi connectivity index (χ0) is 14.7. The van der Waals surface area contributed by atoms with E-state index >= 15 is 0 Å². The van der Waals surface area contributed by atoms with Gasteiger partial charge in [0.15, 0.2) is 5.78 Å². The molecule has 0 N–H and O–H groups in total. The van der Waals surface area contributed by atoms with E-state index in [1.165, 1.54) is 6.92 Å². The molecule has 100 valence electrons. The van der Waals surface area contributed by atoms with E-state index < -0.39 is 0 Å². The van der Waals surface area contributed by atoms with Crippen molar-refractivity contribution in [1.29, 1.82) is 5.26 Å². The van der Waals surface area contributed by atoms with Gasteiger partial charge in [0.2, 0.25) is 0 Å². The zero-order valence-electron chi connectivity index (χ0n) is 11.7. The molecule has 0 spiro atoms. The third-order valence-corrected chi connectivity index (χ3v) is 3.26. The maximum absolute atomic E-state index is 11.6. The first-order chi connectivity index (χ1) is 9.52. The van der Waals surface area contributed by atoms with Gasteiger partial charge in [0.05, 0.1) is 17.2 Å². The highest BCUT2D eigenvalue weighted by molar-refractivity contribution is 5.97. The Bertz CT molecular complexity index is 711. The summed E-state index contributed by atoms with van der Waals surface area (Å²) >= 11 is 0. The topological polar surface area (TPSA) is 50.1 Å². The van der Waals surface area contributed by atoms with Crippen molar-refractivity contribution in [3.05, 3.63) is 58.7 Å². The monoisotopic (exact) mass is 265 g/mol. The molecular formula is C17H15NO2. The molecule has 0 saturated heterocycles. The maximum Gasteiger partial charge on any atom is 0.163 e. The highest BCUT2D eigenvalue weighted by Gasteiger charge is 2.12. The number of carbonyl (C=O) groups excluding carboxylic acids is 1. The number of carbonyl (C=O) groups is 1. The Morgan fingerprint density at radius 2 is 1.90 bits per heavy atom. The molecule has 0 fully saturated rings. The number of rotatable bonds is 3. The molecule has 0 aliphatic carbocycles. The van der Waals surface area contributed by atoms with Crippen molar-refractivity contribution in [1.82, 2.24) is 0 Å². The van der Waals surface area contributed by atoms with Gasteiger partial charge in [-0.2, -0.15) is 5.26 Å². The standard InChI is InChI=1S/C17H15NO2/c1-11-5-4-6-16(12(11)2)20-17-9-14(10-18)7-8-15(17)13(3)19/h4-9H,1-3H3. The van der Waals surface area contributed by atoms with Gasteiger partial charge in [-0.1, -0.05) is 12.1 Å². The molecule has 3 heteroatoms. The minimum atomic E-state index is -0.0882. The minimum Gasteiger partial charge on any atom is -0.456 e. The number of ketones is 1. The molecule has 0 unspecified atom stereocenters. The fraction of sp³-hybridized carbons (Fsp3) is 0.176.